The van der Waals surface area contributed by atoms with E-state index in [1.54, 1.807) is 0 Å². The van der Waals surface area contributed by atoms with Gasteiger partial charge in [-0.3, -0.25) is 4.79 Å². The molecule has 0 amide bonds. The quantitative estimate of drug-likeness (QED) is 0.765. The first-order valence-corrected chi connectivity index (χ1v) is 10.1. The van der Waals surface area contributed by atoms with Gasteiger partial charge in [-0.2, -0.15) is 5.10 Å². The predicted octanol–water partition coefficient (Wildman–Crippen LogP) is 0.0467. The van der Waals surface area contributed by atoms with Crippen molar-refractivity contribution in [3.63, 3.8) is 0 Å². The number of ether oxygens (including phenoxy) is 1. The molecular formula is C14H21ClN4O4S. The monoisotopic (exact) mass is 376 g/mol. The van der Waals surface area contributed by atoms with Gasteiger partial charge in [0.25, 0.3) is 5.56 Å². The zero-order valence-corrected chi connectivity index (χ0v) is 14.8. The first-order valence-electron chi connectivity index (χ1n) is 8.00. The number of halogens is 1. The number of aromatic nitrogens is 2. The topological polar surface area (TPSA) is 102 Å². The van der Waals surface area contributed by atoms with Crippen LogP contribution in [0.5, 0.6) is 0 Å². The van der Waals surface area contributed by atoms with E-state index < -0.39 is 15.1 Å². The number of sulfone groups is 1. The Morgan fingerprint density at radius 1 is 1.42 bits per heavy atom. The Kier molecular flexibility index (Phi) is 5.43. The van der Waals surface area contributed by atoms with Crippen LogP contribution in [-0.4, -0.2) is 62.0 Å². The molecule has 0 aromatic carbocycles. The highest BCUT2D eigenvalue weighted by molar-refractivity contribution is 7.92. The number of anilines is 1. The van der Waals surface area contributed by atoms with Crippen molar-refractivity contribution in [2.24, 2.45) is 0 Å². The summed E-state index contributed by atoms with van der Waals surface area (Å²) in [7, 11) is -3.18. The second-order valence-electron chi connectivity index (χ2n) is 6.05. The fourth-order valence-electron chi connectivity index (χ4n) is 2.95. The first-order chi connectivity index (χ1) is 11.5. The molecule has 2 aliphatic rings. The zero-order chi connectivity index (χ0) is 17.2. The molecule has 0 bridgehead atoms. The average Bonchev–Trinajstić information content (AvgIpc) is 2.58. The van der Waals surface area contributed by atoms with Crippen molar-refractivity contribution in [1.82, 2.24) is 15.1 Å². The van der Waals surface area contributed by atoms with Crippen molar-refractivity contribution in [3.8, 4) is 0 Å². The third-order valence-electron chi connectivity index (χ3n) is 4.44. The maximum Gasteiger partial charge on any atom is 0.287 e. The van der Waals surface area contributed by atoms with Gasteiger partial charge < -0.3 is 15.4 Å². The fraction of sp³-hybridized carbons (Fsp3) is 0.714. The Hall–Kier alpha value is -1.16. The second-order valence-corrected chi connectivity index (χ2v) is 8.83. The SMILES string of the molecule is O=c1c(Cl)c(NCC2COCCS2(=O)=O)cnn1C1CCNCC1. The molecule has 2 aliphatic heterocycles. The molecule has 0 radical (unpaired) electrons. The van der Waals surface area contributed by atoms with Crippen LogP contribution in [0.15, 0.2) is 11.0 Å². The van der Waals surface area contributed by atoms with Gasteiger partial charge in [-0.15, -0.1) is 0 Å². The summed E-state index contributed by atoms with van der Waals surface area (Å²) in [5.41, 5.74) is 0.00365. The lowest BCUT2D eigenvalue weighted by Gasteiger charge is -2.25. The smallest absolute Gasteiger partial charge is 0.287 e. The maximum atomic E-state index is 12.4. The Bertz CT molecular complexity index is 746. The molecule has 10 heteroatoms. The molecule has 134 valence electrons. The summed E-state index contributed by atoms with van der Waals surface area (Å²) in [6.07, 6.45) is 3.14. The number of hydrogen-bond donors (Lipinski definition) is 2. The molecule has 2 saturated heterocycles. The zero-order valence-electron chi connectivity index (χ0n) is 13.2. The summed E-state index contributed by atoms with van der Waals surface area (Å²) in [4.78, 5) is 12.4. The lowest BCUT2D eigenvalue weighted by molar-refractivity contribution is 0.140. The number of piperidine rings is 1. The van der Waals surface area contributed by atoms with Gasteiger partial charge in [-0.05, 0) is 25.9 Å². The molecule has 3 rings (SSSR count). The molecule has 1 unspecified atom stereocenters. The molecule has 0 aliphatic carbocycles. The van der Waals surface area contributed by atoms with Crippen LogP contribution in [0, 0.1) is 0 Å². The van der Waals surface area contributed by atoms with Crippen LogP contribution in [0.1, 0.15) is 18.9 Å². The summed E-state index contributed by atoms with van der Waals surface area (Å²) < 4.78 is 30.6. The minimum absolute atomic E-state index is 0.0165. The van der Waals surface area contributed by atoms with Crippen molar-refractivity contribution in [3.05, 3.63) is 21.6 Å². The van der Waals surface area contributed by atoms with Crippen LogP contribution in [0.2, 0.25) is 5.02 Å². The van der Waals surface area contributed by atoms with E-state index in [0.29, 0.717) is 5.69 Å². The molecule has 1 atom stereocenters. The molecule has 1 aromatic rings. The van der Waals surface area contributed by atoms with Crippen LogP contribution >= 0.6 is 11.6 Å². The Morgan fingerprint density at radius 3 is 2.88 bits per heavy atom. The van der Waals surface area contributed by atoms with Gasteiger partial charge in [0.2, 0.25) is 0 Å². The van der Waals surface area contributed by atoms with E-state index in [1.807, 2.05) is 0 Å². The average molecular weight is 377 g/mol. The molecule has 8 nitrogen and oxygen atoms in total. The van der Waals surface area contributed by atoms with Gasteiger partial charge in [0.1, 0.15) is 10.3 Å². The van der Waals surface area contributed by atoms with E-state index in [0.717, 1.165) is 25.9 Å². The highest BCUT2D eigenvalue weighted by Gasteiger charge is 2.29. The van der Waals surface area contributed by atoms with Crippen LogP contribution in [-0.2, 0) is 14.6 Å². The summed E-state index contributed by atoms with van der Waals surface area (Å²) in [5.74, 6) is 0.0165. The van der Waals surface area contributed by atoms with Gasteiger partial charge in [-0.25, -0.2) is 13.1 Å². The van der Waals surface area contributed by atoms with E-state index >= 15 is 0 Å². The van der Waals surface area contributed by atoms with Crippen molar-refractivity contribution in [2.75, 3.05) is 43.9 Å². The minimum Gasteiger partial charge on any atom is -0.381 e. The van der Waals surface area contributed by atoms with Gasteiger partial charge in [0.05, 0.1) is 36.9 Å². The van der Waals surface area contributed by atoms with E-state index in [9.17, 15) is 13.2 Å². The molecule has 0 saturated carbocycles. The van der Waals surface area contributed by atoms with Crippen molar-refractivity contribution < 1.29 is 13.2 Å². The minimum atomic E-state index is -3.18. The van der Waals surface area contributed by atoms with Crippen LogP contribution in [0.3, 0.4) is 0 Å². The normalized spacial score (nSPS) is 24.6. The van der Waals surface area contributed by atoms with E-state index in [4.69, 9.17) is 16.3 Å². The van der Waals surface area contributed by atoms with Crippen LogP contribution in [0.25, 0.3) is 0 Å². The highest BCUT2D eigenvalue weighted by atomic mass is 35.5. The summed E-state index contributed by atoms with van der Waals surface area (Å²) >= 11 is 6.17. The summed E-state index contributed by atoms with van der Waals surface area (Å²) in [6.45, 7) is 2.20. The molecule has 0 spiro atoms. The van der Waals surface area contributed by atoms with Crippen molar-refractivity contribution >= 4 is 27.1 Å². The number of hydrogen-bond acceptors (Lipinski definition) is 7. The van der Waals surface area contributed by atoms with E-state index in [-0.39, 0.29) is 42.1 Å². The van der Waals surface area contributed by atoms with Gasteiger partial charge >= 0.3 is 0 Å². The maximum absolute atomic E-state index is 12.4. The number of rotatable bonds is 4. The third-order valence-corrected chi connectivity index (χ3v) is 6.86. The molecule has 3 heterocycles. The standard InChI is InChI=1S/C14H21ClN4O4S/c15-13-12(17-7-11-9-23-5-6-24(11,21)22)8-18-19(14(13)20)10-1-3-16-4-2-10/h8,10-11,16-17H,1-7,9H2. The largest absolute Gasteiger partial charge is 0.381 e. The van der Waals surface area contributed by atoms with Crippen molar-refractivity contribution in [1.29, 1.82) is 0 Å². The molecule has 24 heavy (non-hydrogen) atoms. The number of nitrogens with one attached hydrogen (secondary N) is 2. The predicted molar refractivity (Wildman–Crippen MR) is 91.5 cm³/mol. The molecule has 2 fully saturated rings. The van der Waals surface area contributed by atoms with Gasteiger partial charge in [0.15, 0.2) is 9.84 Å². The molecular weight excluding hydrogens is 356 g/mol. The Balaban J connectivity index is 1.72. The van der Waals surface area contributed by atoms with Gasteiger partial charge in [-0.1, -0.05) is 11.6 Å². The molecule has 1 aromatic heterocycles. The van der Waals surface area contributed by atoms with E-state index in [2.05, 4.69) is 15.7 Å². The highest BCUT2D eigenvalue weighted by Crippen LogP contribution is 2.21. The van der Waals surface area contributed by atoms with Crippen LogP contribution < -0.4 is 16.2 Å². The summed E-state index contributed by atoms with van der Waals surface area (Å²) in [5, 5.41) is 9.77. The lowest BCUT2D eigenvalue weighted by Crippen LogP contribution is -2.41. The van der Waals surface area contributed by atoms with Crippen LogP contribution in [0.4, 0.5) is 5.69 Å². The lowest BCUT2D eigenvalue weighted by atomic mass is 10.1. The van der Waals surface area contributed by atoms with Crippen molar-refractivity contribution in [2.45, 2.75) is 24.1 Å². The number of nitrogens with zero attached hydrogens (tertiary/aromatic N) is 2. The summed E-state index contributed by atoms with van der Waals surface area (Å²) in [6, 6.07) is 0.0393. The fourth-order valence-corrected chi connectivity index (χ4v) is 4.48. The third kappa shape index (κ3) is 3.74. The first kappa shape index (κ1) is 17.7. The van der Waals surface area contributed by atoms with Gasteiger partial charge in [0, 0.05) is 6.54 Å². The Morgan fingerprint density at radius 2 is 2.17 bits per heavy atom. The molecule has 2 N–H and O–H groups in total. The second kappa shape index (κ2) is 7.38. The Labute approximate surface area is 145 Å². The van der Waals surface area contributed by atoms with E-state index in [1.165, 1.54) is 10.9 Å².